The van der Waals surface area contributed by atoms with Gasteiger partial charge in [0, 0.05) is 6.42 Å². The number of carbonyl (C=O) groups is 2. The van der Waals surface area contributed by atoms with Crippen molar-refractivity contribution in [1.29, 1.82) is 0 Å². The van der Waals surface area contributed by atoms with E-state index in [2.05, 4.69) is 5.32 Å². The van der Waals surface area contributed by atoms with Crippen LogP contribution < -0.4 is 5.32 Å². The maximum atomic E-state index is 11.9. The van der Waals surface area contributed by atoms with Crippen LogP contribution in [0.1, 0.15) is 37.0 Å². The van der Waals surface area contributed by atoms with Crippen LogP contribution in [0.3, 0.4) is 0 Å². The summed E-state index contributed by atoms with van der Waals surface area (Å²) in [5.74, 6) is -1.58. The number of aryl methyl sites for hydroxylation is 2. The number of aliphatic carboxylic acids is 1. The Morgan fingerprint density at radius 3 is 2.18 bits per heavy atom. The summed E-state index contributed by atoms with van der Waals surface area (Å²) in [6.45, 7) is 7.61. The molecule has 0 aliphatic carbocycles. The highest BCUT2D eigenvalue weighted by Gasteiger charge is 2.25. The fourth-order valence-corrected chi connectivity index (χ4v) is 2.40. The molecule has 1 aromatic rings. The summed E-state index contributed by atoms with van der Waals surface area (Å²) < 4.78 is 0. The highest BCUT2D eigenvalue weighted by atomic mass is 16.4. The van der Waals surface area contributed by atoms with Crippen LogP contribution >= 0.6 is 0 Å². The molecule has 0 aliphatic heterocycles. The van der Waals surface area contributed by atoms with Gasteiger partial charge in [-0.3, -0.25) is 4.79 Å². The maximum absolute atomic E-state index is 11.9. The van der Waals surface area contributed by atoms with Gasteiger partial charge >= 0.3 is 5.97 Å². The van der Waals surface area contributed by atoms with Crippen molar-refractivity contribution in [3.05, 3.63) is 34.9 Å². The van der Waals surface area contributed by atoms with Crippen LogP contribution in [0.5, 0.6) is 0 Å². The zero-order valence-corrected chi connectivity index (χ0v) is 13.6. The molecule has 0 bridgehead atoms. The second-order valence-corrected chi connectivity index (χ2v) is 6.12. The van der Waals surface area contributed by atoms with E-state index in [1.807, 2.05) is 45.9 Å². The fraction of sp³-hybridized carbons (Fsp3) is 0.529. The molecule has 5 heteroatoms. The van der Waals surface area contributed by atoms with E-state index in [1.54, 1.807) is 0 Å². The predicted molar refractivity (Wildman–Crippen MR) is 84.6 cm³/mol. The predicted octanol–water partition coefficient (Wildman–Crippen LogP) is 1.82. The number of hydrogen-bond donors (Lipinski definition) is 3. The van der Waals surface area contributed by atoms with Gasteiger partial charge in [0.2, 0.25) is 5.91 Å². The Balaban J connectivity index is 2.83. The molecule has 22 heavy (non-hydrogen) atoms. The van der Waals surface area contributed by atoms with Crippen LogP contribution in [-0.2, 0) is 16.0 Å². The Labute approximate surface area is 131 Å². The van der Waals surface area contributed by atoms with Crippen LogP contribution in [-0.4, -0.2) is 34.2 Å². The minimum absolute atomic E-state index is 0.155. The molecule has 0 radical (unpaired) electrons. The van der Waals surface area contributed by atoms with Crippen molar-refractivity contribution in [2.24, 2.45) is 5.92 Å². The number of aliphatic hydroxyl groups is 1. The first-order valence-electron chi connectivity index (χ1n) is 7.48. The van der Waals surface area contributed by atoms with E-state index in [9.17, 15) is 19.8 Å². The summed E-state index contributed by atoms with van der Waals surface area (Å²) in [5.41, 5.74) is 2.89. The first-order chi connectivity index (χ1) is 10.2. The number of carbonyl (C=O) groups excluding carboxylic acids is 1. The summed E-state index contributed by atoms with van der Waals surface area (Å²) in [4.78, 5) is 23.3. The Hall–Kier alpha value is -1.88. The molecule has 0 aliphatic rings. The van der Waals surface area contributed by atoms with E-state index in [4.69, 9.17) is 0 Å². The number of benzene rings is 1. The average Bonchev–Trinajstić information content (AvgIpc) is 2.40. The summed E-state index contributed by atoms with van der Waals surface area (Å²) in [6, 6.07) is 4.69. The quantitative estimate of drug-likeness (QED) is 0.717. The molecule has 0 saturated carbocycles. The molecule has 2 atom stereocenters. The molecular formula is C17H25NO4. The molecule has 0 saturated heterocycles. The van der Waals surface area contributed by atoms with E-state index >= 15 is 0 Å². The fourth-order valence-electron chi connectivity index (χ4n) is 2.40. The zero-order valence-electron chi connectivity index (χ0n) is 13.6. The smallest absolute Gasteiger partial charge is 0.326 e. The van der Waals surface area contributed by atoms with Crippen molar-refractivity contribution in [3.8, 4) is 0 Å². The maximum Gasteiger partial charge on any atom is 0.326 e. The Kier molecular flexibility index (Phi) is 6.56. The van der Waals surface area contributed by atoms with E-state index in [1.165, 1.54) is 0 Å². The number of amides is 1. The Morgan fingerprint density at radius 1 is 1.18 bits per heavy atom. The van der Waals surface area contributed by atoms with Gasteiger partial charge in [0.05, 0.1) is 0 Å². The number of hydrogen-bond acceptors (Lipinski definition) is 3. The highest BCUT2D eigenvalue weighted by Crippen LogP contribution is 2.16. The summed E-state index contributed by atoms with van der Waals surface area (Å²) in [5, 5.41) is 21.6. The highest BCUT2D eigenvalue weighted by molar-refractivity contribution is 5.86. The Morgan fingerprint density at radius 2 is 1.73 bits per heavy atom. The third-order valence-electron chi connectivity index (χ3n) is 3.66. The third-order valence-corrected chi connectivity index (χ3v) is 3.66. The van der Waals surface area contributed by atoms with Gasteiger partial charge < -0.3 is 15.5 Å². The summed E-state index contributed by atoms with van der Waals surface area (Å²) in [6.07, 6.45) is -0.671. The van der Waals surface area contributed by atoms with Gasteiger partial charge in [0.1, 0.15) is 12.1 Å². The lowest BCUT2D eigenvalue weighted by molar-refractivity contribution is -0.143. The molecule has 0 aromatic heterocycles. The Bertz CT molecular complexity index is 519. The van der Waals surface area contributed by atoms with Gasteiger partial charge in [0.15, 0.2) is 0 Å². The standard InChI is InChI=1S/C17H25NO4/c1-10(2)8-15(19)16(20)18-14(17(21)22)9-13-11(3)6-5-7-12(13)4/h5-7,10,14-15,19H,8-9H2,1-4H3,(H,18,20)(H,21,22)/t14-,15+/m1/s1. The number of rotatable bonds is 7. The number of aliphatic hydroxyl groups excluding tert-OH is 1. The van der Waals surface area contributed by atoms with Crippen LogP contribution in [0, 0.1) is 19.8 Å². The van der Waals surface area contributed by atoms with Crippen molar-refractivity contribution < 1.29 is 19.8 Å². The van der Waals surface area contributed by atoms with Gasteiger partial charge in [-0.25, -0.2) is 4.79 Å². The molecule has 5 nitrogen and oxygen atoms in total. The molecule has 1 aromatic carbocycles. The molecule has 1 amide bonds. The number of carboxylic acids is 1. The summed E-state index contributed by atoms with van der Waals surface area (Å²) >= 11 is 0. The molecule has 122 valence electrons. The second-order valence-electron chi connectivity index (χ2n) is 6.12. The van der Waals surface area contributed by atoms with E-state index in [0.29, 0.717) is 6.42 Å². The number of carboxylic acid groups (broad SMARTS) is 1. The lowest BCUT2D eigenvalue weighted by atomic mass is 9.96. The largest absolute Gasteiger partial charge is 0.480 e. The third kappa shape index (κ3) is 5.15. The lowest BCUT2D eigenvalue weighted by Crippen LogP contribution is -2.47. The van der Waals surface area contributed by atoms with E-state index in [-0.39, 0.29) is 12.3 Å². The molecule has 1 rings (SSSR count). The van der Waals surface area contributed by atoms with Crippen molar-refractivity contribution in [1.82, 2.24) is 5.32 Å². The first-order valence-corrected chi connectivity index (χ1v) is 7.48. The van der Waals surface area contributed by atoms with Crippen LogP contribution in [0.2, 0.25) is 0 Å². The SMILES string of the molecule is Cc1cccc(C)c1C[C@@H](NC(=O)[C@@H](O)CC(C)C)C(=O)O. The van der Waals surface area contributed by atoms with E-state index < -0.39 is 24.0 Å². The van der Waals surface area contributed by atoms with Crippen LogP contribution in [0.4, 0.5) is 0 Å². The van der Waals surface area contributed by atoms with Gasteiger partial charge in [-0.15, -0.1) is 0 Å². The van der Waals surface area contributed by atoms with Gasteiger partial charge in [-0.2, -0.15) is 0 Å². The zero-order chi connectivity index (χ0) is 16.9. The van der Waals surface area contributed by atoms with Crippen molar-refractivity contribution in [3.63, 3.8) is 0 Å². The van der Waals surface area contributed by atoms with Crippen molar-refractivity contribution in [2.75, 3.05) is 0 Å². The topological polar surface area (TPSA) is 86.6 Å². The van der Waals surface area contributed by atoms with Crippen molar-refractivity contribution >= 4 is 11.9 Å². The molecule has 3 N–H and O–H groups in total. The van der Waals surface area contributed by atoms with Gasteiger partial charge in [-0.05, 0) is 42.9 Å². The molecule has 0 fully saturated rings. The number of nitrogens with one attached hydrogen (secondary N) is 1. The summed E-state index contributed by atoms with van der Waals surface area (Å²) in [7, 11) is 0. The monoisotopic (exact) mass is 307 g/mol. The average molecular weight is 307 g/mol. The first kappa shape index (κ1) is 18.2. The van der Waals surface area contributed by atoms with Crippen LogP contribution in [0.15, 0.2) is 18.2 Å². The lowest BCUT2D eigenvalue weighted by Gasteiger charge is -2.20. The molecule has 0 unspecified atom stereocenters. The normalized spacial score (nSPS) is 13.7. The van der Waals surface area contributed by atoms with Gasteiger partial charge in [0.25, 0.3) is 0 Å². The minimum Gasteiger partial charge on any atom is -0.480 e. The minimum atomic E-state index is -1.18. The molecule has 0 spiro atoms. The second kappa shape index (κ2) is 7.94. The van der Waals surface area contributed by atoms with E-state index in [0.717, 1.165) is 16.7 Å². The molecule has 0 heterocycles. The van der Waals surface area contributed by atoms with Crippen molar-refractivity contribution in [2.45, 2.75) is 52.7 Å². The van der Waals surface area contributed by atoms with Gasteiger partial charge in [-0.1, -0.05) is 32.0 Å². The van der Waals surface area contributed by atoms with Crippen LogP contribution in [0.25, 0.3) is 0 Å². The molecular weight excluding hydrogens is 282 g/mol.